The second-order valence-electron chi connectivity index (χ2n) is 6.10. The first-order valence-electron chi connectivity index (χ1n) is 8.55. The molecule has 2 atom stereocenters. The van der Waals surface area contributed by atoms with E-state index in [1.807, 2.05) is 0 Å². The lowest BCUT2D eigenvalue weighted by atomic mass is 10.0. The van der Waals surface area contributed by atoms with E-state index in [9.17, 15) is 15.3 Å². The summed E-state index contributed by atoms with van der Waals surface area (Å²) in [7, 11) is 2.85. The van der Waals surface area contributed by atoms with Gasteiger partial charge in [0.2, 0.25) is 11.5 Å². The standard InChI is InChI=1S/C20H22O8/c1-25-14-9-12(8-13(23)18(14)24)19-17(10-22)28-20-15(26-2)6-11(4-3-5-21)7-16(20)27-19/h3-4,6-9,17,19,21-24H,5,10H2,1-2H3. The minimum atomic E-state index is -0.783. The van der Waals surface area contributed by atoms with Gasteiger partial charge in [0.15, 0.2) is 35.2 Å². The Hall–Kier alpha value is -3.10. The number of phenolic OH excluding ortho intramolecular Hbond substituents is 2. The number of methoxy groups -OCH3 is 2. The van der Waals surface area contributed by atoms with Crippen LogP contribution in [0.3, 0.4) is 0 Å². The lowest BCUT2D eigenvalue weighted by Gasteiger charge is -2.34. The molecular formula is C20H22O8. The summed E-state index contributed by atoms with van der Waals surface area (Å²) in [6, 6.07) is 6.26. The Labute approximate surface area is 161 Å². The predicted octanol–water partition coefficient (Wildman–Crippen LogP) is 1.99. The highest BCUT2D eigenvalue weighted by Gasteiger charge is 2.35. The van der Waals surface area contributed by atoms with E-state index in [1.165, 1.54) is 26.4 Å². The van der Waals surface area contributed by atoms with Crippen molar-refractivity contribution in [1.29, 1.82) is 0 Å². The summed E-state index contributed by atoms with van der Waals surface area (Å²) < 4.78 is 22.4. The summed E-state index contributed by atoms with van der Waals surface area (Å²) in [4.78, 5) is 0. The van der Waals surface area contributed by atoms with Crippen LogP contribution in [0.15, 0.2) is 30.3 Å². The van der Waals surface area contributed by atoms with E-state index in [1.54, 1.807) is 24.3 Å². The van der Waals surface area contributed by atoms with Crippen molar-refractivity contribution in [1.82, 2.24) is 0 Å². The van der Waals surface area contributed by atoms with Crippen LogP contribution in [0, 0.1) is 0 Å². The molecule has 0 spiro atoms. The van der Waals surface area contributed by atoms with Gasteiger partial charge in [-0.15, -0.1) is 0 Å². The Morgan fingerprint density at radius 2 is 1.75 bits per heavy atom. The number of benzene rings is 2. The van der Waals surface area contributed by atoms with Gasteiger partial charge in [0.25, 0.3) is 0 Å². The fourth-order valence-electron chi connectivity index (χ4n) is 3.01. The molecule has 2 aromatic rings. The molecule has 8 heteroatoms. The fraction of sp³-hybridized carbons (Fsp3) is 0.300. The van der Waals surface area contributed by atoms with Crippen LogP contribution in [-0.4, -0.2) is 54.0 Å². The number of fused-ring (bicyclic) bond motifs is 1. The first kappa shape index (κ1) is 19.7. The third kappa shape index (κ3) is 3.64. The summed E-state index contributed by atoms with van der Waals surface area (Å²) in [6.07, 6.45) is 1.71. The Bertz CT molecular complexity index is 877. The Morgan fingerprint density at radius 1 is 1.00 bits per heavy atom. The quantitative estimate of drug-likeness (QED) is 0.553. The SMILES string of the molecule is COc1cc(C2Oc3cc(C=CCO)cc(OC)c3OC2CO)cc(O)c1O. The van der Waals surface area contributed by atoms with Gasteiger partial charge in [0, 0.05) is 5.56 Å². The maximum absolute atomic E-state index is 9.98. The largest absolute Gasteiger partial charge is 0.504 e. The van der Waals surface area contributed by atoms with Gasteiger partial charge in [-0.1, -0.05) is 12.2 Å². The minimum Gasteiger partial charge on any atom is -0.504 e. The van der Waals surface area contributed by atoms with Crippen molar-refractivity contribution >= 4 is 6.08 Å². The highest BCUT2D eigenvalue weighted by molar-refractivity contribution is 5.63. The smallest absolute Gasteiger partial charge is 0.204 e. The van der Waals surface area contributed by atoms with Gasteiger partial charge < -0.3 is 39.4 Å². The number of aliphatic hydroxyl groups excluding tert-OH is 2. The third-order valence-electron chi connectivity index (χ3n) is 4.35. The molecule has 0 saturated carbocycles. The van der Waals surface area contributed by atoms with Gasteiger partial charge in [-0.2, -0.15) is 0 Å². The molecule has 3 rings (SSSR count). The molecule has 0 fully saturated rings. The van der Waals surface area contributed by atoms with Crippen LogP contribution >= 0.6 is 0 Å². The molecule has 1 aliphatic rings. The molecule has 2 unspecified atom stereocenters. The molecule has 0 aliphatic carbocycles. The van der Waals surface area contributed by atoms with Crippen LogP contribution in [0.2, 0.25) is 0 Å². The third-order valence-corrected chi connectivity index (χ3v) is 4.35. The van der Waals surface area contributed by atoms with Gasteiger partial charge in [0.1, 0.15) is 0 Å². The summed E-state index contributed by atoms with van der Waals surface area (Å²) in [5.74, 6) is 0.433. The molecule has 28 heavy (non-hydrogen) atoms. The number of hydrogen-bond acceptors (Lipinski definition) is 8. The van der Waals surface area contributed by atoms with Crippen molar-refractivity contribution in [2.75, 3.05) is 27.4 Å². The summed E-state index contributed by atoms with van der Waals surface area (Å²) >= 11 is 0. The van der Waals surface area contributed by atoms with Gasteiger partial charge in [-0.25, -0.2) is 0 Å². The number of hydrogen-bond donors (Lipinski definition) is 4. The lowest BCUT2D eigenvalue weighted by molar-refractivity contribution is -0.0142. The van der Waals surface area contributed by atoms with Crippen molar-refractivity contribution in [3.63, 3.8) is 0 Å². The maximum atomic E-state index is 9.98. The van der Waals surface area contributed by atoms with Gasteiger partial charge in [0.05, 0.1) is 27.4 Å². The number of rotatable bonds is 6. The van der Waals surface area contributed by atoms with Crippen molar-refractivity contribution in [3.05, 3.63) is 41.5 Å². The molecule has 4 N–H and O–H groups in total. The van der Waals surface area contributed by atoms with Crippen molar-refractivity contribution in [2.45, 2.75) is 12.2 Å². The van der Waals surface area contributed by atoms with E-state index in [2.05, 4.69) is 0 Å². The van der Waals surface area contributed by atoms with Crippen LogP contribution in [0.4, 0.5) is 0 Å². The van der Waals surface area contributed by atoms with Gasteiger partial charge in [-0.05, 0) is 29.8 Å². The summed E-state index contributed by atoms with van der Waals surface area (Å²) in [5, 5.41) is 38.6. The van der Waals surface area contributed by atoms with E-state index in [-0.39, 0.29) is 30.5 Å². The van der Waals surface area contributed by atoms with Crippen LogP contribution in [0.5, 0.6) is 34.5 Å². The van der Waals surface area contributed by atoms with Gasteiger partial charge in [-0.3, -0.25) is 0 Å². The van der Waals surface area contributed by atoms with E-state index in [0.29, 0.717) is 22.8 Å². The first-order chi connectivity index (χ1) is 13.5. The lowest BCUT2D eigenvalue weighted by Crippen LogP contribution is -2.36. The molecule has 150 valence electrons. The Kier molecular flexibility index (Phi) is 5.81. The second kappa shape index (κ2) is 8.28. The normalized spacial score (nSPS) is 18.3. The number of phenols is 2. The predicted molar refractivity (Wildman–Crippen MR) is 100 cm³/mol. The van der Waals surface area contributed by atoms with E-state index in [0.717, 1.165) is 5.56 Å². The van der Waals surface area contributed by atoms with Crippen LogP contribution in [-0.2, 0) is 0 Å². The first-order valence-corrected chi connectivity index (χ1v) is 8.55. The maximum Gasteiger partial charge on any atom is 0.204 e. The molecule has 0 bridgehead atoms. The molecule has 1 aliphatic heterocycles. The molecule has 0 saturated heterocycles. The topological polar surface area (TPSA) is 118 Å². The fourth-order valence-corrected chi connectivity index (χ4v) is 3.01. The zero-order chi connectivity index (χ0) is 20.3. The highest BCUT2D eigenvalue weighted by Crippen LogP contribution is 2.48. The van der Waals surface area contributed by atoms with Crippen molar-refractivity contribution in [2.24, 2.45) is 0 Å². The van der Waals surface area contributed by atoms with Crippen LogP contribution in [0.1, 0.15) is 17.2 Å². The molecule has 1 heterocycles. The Balaban J connectivity index is 2.06. The van der Waals surface area contributed by atoms with Crippen molar-refractivity contribution in [3.8, 4) is 34.5 Å². The number of aliphatic hydroxyl groups is 2. The Morgan fingerprint density at radius 3 is 2.39 bits per heavy atom. The monoisotopic (exact) mass is 390 g/mol. The minimum absolute atomic E-state index is 0.0679. The van der Waals surface area contributed by atoms with Crippen LogP contribution in [0.25, 0.3) is 6.08 Å². The van der Waals surface area contributed by atoms with Crippen LogP contribution < -0.4 is 18.9 Å². The molecule has 0 amide bonds. The highest BCUT2D eigenvalue weighted by atomic mass is 16.6. The summed E-state index contributed by atoms with van der Waals surface area (Å²) in [5.41, 5.74) is 1.17. The number of aromatic hydroxyl groups is 2. The van der Waals surface area contributed by atoms with E-state index < -0.39 is 12.2 Å². The number of ether oxygens (including phenoxy) is 4. The average molecular weight is 390 g/mol. The van der Waals surface area contributed by atoms with E-state index in [4.69, 9.17) is 24.1 Å². The van der Waals surface area contributed by atoms with E-state index >= 15 is 0 Å². The van der Waals surface area contributed by atoms with Gasteiger partial charge >= 0.3 is 0 Å². The second-order valence-corrected chi connectivity index (χ2v) is 6.10. The zero-order valence-electron chi connectivity index (χ0n) is 15.5. The zero-order valence-corrected chi connectivity index (χ0v) is 15.5. The summed E-state index contributed by atoms with van der Waals surface area (Å²) in [6.45, 7) is -0.470. The molecule has 0 radical (unpaired) electrons. The molecule has 8 nitrogen and oxygen atoms in total. The molecule has 0 aromatic heterocycles. The van der Waals surface area contributed by atoms with Crippen molar-refractivity contribution < 1.29 is 39.4 Å². The molecular weight excluding hydrogens is 368 g/mol. The molecule has 2 aromatic carbocycles. The average Bonchev–Trinajstić information content (AvgIpc) is 2.72.